The summed E-state index contributed by atoms with van der Waals surface area (Å²) in [7, 11) is 1.85. The molecule has 0 atom stereocenters. The zero-order chi connectivity index (χ0) is 12.8. The van der Waals surface area contributed by atoms with Crippen LogP contribution in [0, 0.1) is 6.92 Å². The van der Waals surface area contributed by atoms with E-state index in [1.807, 2.05) is 14.0 Å². The van der Waals surface area contributed by atoms with Crippen LogP contribution in [-0.2, 0) is 7.05 Å². The highest BCUT2D eigenvalue weighted by Crippen LogP contribution is 2.20. The van der Waals surface area contributed by atoms with Gasteiger partial charge < -0.3 is 4.57 Å². The number of hydrogen-bond donors (Lipinski definition) is 0. The molecule has 0 fully saturated rings. The Bertz CT molecular complexity index is 454. The highest BCUT2D eigenvalue weighted by atomic mass is 16.1. The first-order valence-corrected chi connectivity index (χ1v) is 6.47. The second-order valence-corrected chi connectivity index (χ2v) is 4.58. The van der Waals surface area contributed by atoms with Gasteiger partial charge in [0.2, 0.25) is 0 Å². The summed E-state index contributed by atoms with van der Waals surface area (Å²) in [5, 5.41) is 0. The molecule has 2 heteroatoms. The summed E-state index contributed by atoms with van der Waals surface area (Å²) >= 11 is 0. The molecule has 2 nitrogen and oxygen atoms in total. The third kappa shape index (κ3) is 3.58. The van der Waals surface area contributed by atoms with Gasteiger partial charge in [-0.15, -0.1) is 0 Å². The summed E-state index contributed by atoms with van der Waals surface area (Å²) in [6.45, 7) is 6.33. The SMILES string of the molecule is CCC/C=C(\CCC)c1cc(C)cc(=O)n1C. The molecule has 0 unspecified atom stereocenters. The minimum absolute atomic E-state index is 0.0819. The van der Waals surface area contributed by atoms with Crippen molar-refractivity contribution in [3.8, 4) is 0 Å². The van der Waals surface area contributed by atoms with Gasteiger partial charge in [-0.25, -0.2) is 0 Å². The molecule has 1 aromatic rings. The third-order valence-corrected chi connectivity index (χ3v) is 2.94. The minimum atomic E-state index is 0.0819. The quantitative estimate of drug-likeness (QED) is 0.760. The zero-order valence-electron chi connectivity index (χ0n) is 11.4. The average molecular weight is 233 g/mol. The molecule has 0 aliphatic carbocycles. The third-order valence-electron chi connectivity index (χ3n) is 2.94. The molecule has 1 aromatic heterocycles. The number of aryl methyl sites for hydroxylation is 1. The second-order valence-electron chi connectivity index (χ2n) is 4.58. The topological polar surface area (TPSA) is 22.0 Å². The van der Waals surface area contributed by atoms with Crippen LogP contribution in [0.1, 0.15) is 50.8 Å². The highest BCUT2D eigenvalue weighted by Gasteiger charge is 2.06. The number of aromatic nitrogens is 1. The molecule has 0 N–H and O–H groups in total. The van der Waals surface area contributed by atoms with Crippen LogP contribution in [0.25, 0.3) is 5.57 Å². The monoisotopic (exact) mass is 233 g/mol. The first-order valence-electron chi connectivity index (χ1n) is 6.47. The summed E-state index contributed by atoms with van der Waals surface area (Å²) in [6.07, 6.45) is 6.65. The number of rotatable bonds is 5. The van der Waals surface area contributed by atoms with E-state index in [0.717, 1.165) is 36.9 Å². The molecule has 0 amide bonds. The molecular weight excluding hydrogens is 210 g/mol. The molecule has 0 bridgehead atoms. The largest absolute Gasteiger partial charge is 0.312 e. The summed E-state index contributed by atoms with van der Waals surface area (Å²) < 4.78 is 1.75. The molecular formula is C15H23NO. The van der Waals surface area contributed by atoms with Crippen LogP contribution < -0.4 is 5.56 Å². The van der Waals surface area contributed by atoms with Crippen LogP contribution in [0.15, 0.2) is 23.0 Å². The van der Waals surface area contributed by atoms with E-state index in [1.165, 1.54) is 5.57 Å². The first kappa shape index (κ1) is 13.8. The fraction of sp³-hybridized carbons (Fsp3) is 0.533. The summed E-state index contributed by atoms with van der Waals surface area (Å²) in [4.78, 5) is 11.8. The Kier molecular flexibility index (Phi) is 5.20. The molecule has 0 aromatic carbocycles. The van der Waals surface area contributed by atoms with Gasteiger partial charge in [0, 0.05) is 18.8 Å². The lowest BCUT2D eigenvalue weighted by atomic mass is 10.0. The van der Waals surface area contributed by atoms with Crippen molar-refractivity contribution in [2.45, 2.75) is 46.5 Å². The van der Waals surface area contributed by atoms with Gasteiger partial charge in [0.05, 0.1) is 0 Å². The standard InChI is InChI=1S/C15H23NO/c1-5-7-9-13(8-6-2)14-10-12(3)11-15(17)16(14)4/h9-11H,5-8H2,1-4H3/b13-9+. The van der Waals surface area contributed by atoms with Crippen LogP contribution in [0.5, 0.6) is 0 Å². The Balaban J connectivity index is 3.22. The molecule has 17 heavy (non-hydrogen) atoms. The van der Waals surface area contributed by atoms with E-state index in [9.17, 15) is 4.79 Å². The van der Waals surface area contributed by atoms with Crippen molar-refractivity contribution in [1.82, 2.24) is 4.57 Å². The van der Waals surface area contributed by atoms with E-state index in [-0.39, 0.29) is 5.56 Å². The van der Waals surface area contributed by atoms with Crippen molar-refractivity contribution in [3.63, 3.8) is 0 Å². The smallest absolute Gasteiger partial charge is 0.250 e. The lowest BCUT2D eigenvalue weighted by Gasteiger charge is -2.12. The maximum absolute atomic E-state index is 11.8. The maximum atomic E-state index is 11.8. The van der Waals surface area contributed by atoms with Gasteiger partial charge in [0.15, 0.2) is 0 Å². The zero-order valence-corrected chi connectivity index (χ0v) is 11.4. The maximum Gasteiger partial charge on any atom is 0.250 e. The normalized spacial score (nSPS) is 11.9. The number of nitrogens with zero attached hydrogens (tertiary/aromatic N) is 1. The summed E-state index contributed by atoms with van der Waals surface area (Å²) in [5.41, 5.74) is 3.50. The van der Waals surface area contributed by atoms with Crippen LogP contribution in [0.3, 0.4) is 0 Å². The van der Waals surface area contributed by atoms with Gasteiger partial charge in [-0.05, 0) is 37.0 Å². The minimum Gasteiger partial charge on any atom is -0.312 e. The van der Waals surface area contributed by atoms with Crippen LogP contribution in [-0.4, -0.2) is 4.57 Å². The van der Waals surface area contributed by atoms with Crippen molar-refractivity contribution < 1.29 is 0 Å². The van der Waals surface area contributed by atoms with Crippen LogP contribution >= 0.6 is 0 Å². The highest BCUT2D eigenvalue weighted by molar-refractivity contribution is 5.63. The van der Waals surface area contributed by atoms with Gasteiger partial charge >= 0.3 is 0 Å². The average Bonchev–Trinajstić information content (AvgIpc) is 2.29. The molecule has 0 aliphatic heterocycles. The van der Waals surface area contributed by atoms with Crippen molar-refractivity contribution in [1.29, 1.82) is 0 Å². The van der Waals surface area contributed by atoms with E-state index in [1.54, 1.807) is 10.6 Å². The lowest BCUT2D eigenvalue weighted by Crippen LogP contribution is -2.19. The van der Waals surface area contributed by atoms with Gasteiger partial charge in [-0.3, -0.25) is 4.79 Å². The van der Waals surface area contributed by atoms with Crippen molar-refractivity contribution in [2.24, 2.45) is 7.05 Å². The van der Waals surface area contributed by atoms with E-state index in [0.29, 0.717) is 0 Å². The number of allylic oxidation sites excluding steroid dienone is 2. The van der Waals surface area contributed by atoms with E-state index >= 15 is 0 Å². The van der Waals surface area contributed by atoms with Gasteiger partial charge in [0.1, 0.15) is 0 Å². The predicted molar refractivity (Wildman–Crippen MR) is 74.2 cm³/mol. The number of pyridine rings is 1. The molecule has 94 valence electrons. The van der Waals surface area contributed by atoms with Crippen LogP contribution in [0.2, 0.25) is 0 Å². The molecule has 0 aliphatic rings. The Morgan fingerprint density at radius 3 is 2.59 bits per heavy atom. The fourth-order valence-electron chi connectivity index (χ4n) is 2.00. The molecule has 1 rings (SSSR count). The first-order chi connectivity index (χ1) is 8.10. The van der Waals surface area contributed by atoms with E-state index < -0.39 is 0 Å². The Morgan fingerprint density at radius 2 is 2.00 bits per heavy atom. The van der Waals surface area contributed by atoms with Gasteiger partial charge in [0.25, 0.3) is 5.56 Å². The van der Waals surface area contributed by atoms with E-state index in [2.05, 4.69) is 26.0 Å². The molecule has 0 radical (unpaired) electrons. The van der Waals surface area contributed by atoms with Gasteiger partial charge in [-0.1, -0.05) is 32.8 Å². The van der Waals surface area contributed by atoms with Gasteiger partial charge in [-0.2, -0.15) is 0 Å². The summed E-state index contributed by atoms with van der Waals surface area (Å²) in [6, 6.07) is 3.80. The lowest BCUT2D eigenvalue weighted by molar-refractivity contribution is 0.820. The second kappa shape index (κ2) is 6.43. The van der Waals surface area contributed by atoms with Crippen molar-refractivity contribution in [3.05, 3.63) is 39.8 Å². The predicted octanol–water partition coefficient (Wildman–Crippen LogP) is 3.68. The van der Waals surface area contributed by atoms with E-state index in [4.69, 9.17) is 0 Å². The Morgan fingerprint density at radius 1 is 1.29 bits per heavy atom. The summed E-state index contributed by atoms with van der Waals surface area (Å²) in [5.74, 6) is 0. The van der Waals surface area contributed by atoms with Crippen molar-refractivity contribution in [2.75, 3.05) is 0 Å². The van der Waals surface area contributed by atoms with Crippen LogP contribution in [0.4, 0.5) is 0 Å². The molecule has 0 saturated heterocycles. The Hall–Kier alpha value is -1.31. The fourth-order valence-corrected chi connectivity index (χ4v) is 2.00. The molecule has 1 heterocycles. The molecule has 0 spiro atoms. The Labute approximate surface area is 104 Å². The number of hydrogen-bond acceptors (Lipinski definition) is 1. The van der Waals surface area contributed by atoms with Crippen molar-refractivity contribution >= 4 is 5.57 Å². The number of unbranched alkanes of at least 4 members (excludes halogenated alkanes) is 1. The molecule has 0 saturated carbocycles.